The highest BCUT2D eigenvalue weighted by atomic mass is 16.1. The number of amides is 1. The van der Waals surface area contributed by atoms with Crippen molar-refractivity contribution in [3.63, 3.8) is 0 Å². The van der Waals surface area contributed by atoms with Crippen molar-refractivity contribution in [1.82, 2.24) is 10.2 Å². The predicted molar refractivity (Wildman–Crippen MR) is 164 cm³/mol. The van der Waals surface area contributed by atoms with E-state index in [-0.39, 0.29) is 5.91 Å². The maximum atomic E-state index is 12.2. The zero-order chi connectivity index (χ0) is 26.7. The highest BCUT2D eigenvalue weighted by Crippen LogP contribution is 2.15. The lowest BCUT2D eigenvalue weighted by Gasteiger charge is -2.20. The molecule has 0 saturated carbocycles. The molecule has 1 rings (SSSR count). The van der Waals surface area contributed by atoms with Gasteiger partial charge in [-0.3, -0.25) is 9.79 Å². The van der Waals surface area contributed by atoms with E-state index in [0.717, 1.165) is 39.0 Å². The van der Waals surface area contributed by atoms with Crippen LogP contribution in [0.25, 0.3) is 0 Å². The minimum atomic E-state index is 0.231. The van der Waals surface area contributed by atoms with Gasteiger partial charge in [-0.1, -0.05) is 149 Å². The molecule has 0 aromatic rings. The highest BCUT2D eigenvalue weighted by molar-refractivity contribution is 5.83. The molecule has 1 amide bonds. The minimum Gasteiger partial charge on any atom is -0.357 e. The first-order chi connectivity index (χ1) is 18.3. The van der Waals surface area contributed by atoms with Crippen LogP contribution in [-0.4, -0.2) is 42.8 Å². The number of rotatable bonds is 28. The van der Waals surface area contributed by atoms with Gasteiger partial charge in [0.05, 0.1) is 12.4 Å². The molecule has 0 saturated heterocycles. The van der Waals surface area contributed by atoms with E-state index in [1.807, 2.05) is 0 Å². The van der Waals surface area contributed by atoms with Gasteiger partial charge in [-0.05, 0) is 12.8 Å². The van der Waals surface area contributed by atoms with Crippen LogP contribution in [0.2, 0.25) is 0 Å². The smallest absolute Gasteiger partial charge is 0.220 e. The van der Waals surface area contributed by atoms with Gasteiger partial charge >= 0.3 is 0 Å². The SMILES string of the molecule is CCCCCCCCCCCCCCC1=NCCN1CCNC(=O)CCCCCCCCCCCCC. The van der Waals surface area contributed by atoms with Crippen molar-refractivity contribution in [3.8, 4) is 0 Å². The third-order valence-electron chi connectivity index (χ3n) is 7.99. The average Bonchev–Trinajstić information content (AvgIpc) is 3.35. The Labute approximate surface area is 232 Å². The molecule has 0 unspecified atom stereocenters. The summed E-state index contributed by atoms with van der Waals surface area (Å²) in [6.45, 7) is 8.20. The zero-order valence-electron chi connectivity index (χ0n) is 25.3. The van der Waals surface area contributed by atoms with Gasteiger partial charge in [0.25, 0.3) is 0 Å². The number of aliphatic imine (C=N–C) groups is 1. The normalized spacial score (nSPS) is 13.4. The third kappa shape index (κ3) is 21.6. The molecule has 1 heterocycles. The van der Waals surface area contributed by atoms with Crippen molar-refractivity contribution >= 4 is 11.7 Å². The first kappa shape index (κ1) is 34.0. The molecule has 0 fully saturated rings. The van der Waals surface area contributed by atoms with Gasteiger partial charge < -0.3 is 10.2 Å². The van der Waals surface area contributed by atoms with Crippen LogP contribution < -0.4 is 5.32 Å². The van der Waals surface area contributed by atoms with E-state index < -0.39 is 0 Å². The van der Waals surface area contributed by atoms with E-state index in [4.69, 9.17) is 4.99 Å². The Hall–Kier alpha value is -1.06. The Morgan fingerprint density at radius 3 is 1.57 bits per heavy atom. The van der Waals surface area contributed by atoms with Crippen LogP contribution in [-0.2, 0) is 4.79 Å². The molecule has 218 valence electrons. The summed E-state index contributed by atoms with van der Waals surface area (Å²) in [5.41, 5.74) is 0. The van der Waals surface area contributed by atoms with Gasteiger partial charge in [-0.25, -0.2) is 0 Å². The topological polar surface area (TPSA) is 44.7 Å². The lowest BCUT2D eigenvalue weighted by atomic mass is 10.0. The molecular weight excluding hydrogens is 454 g/mol. The van der Waals surface area contributed by atoms with Crippen LogP contribution in [0, 0.1) is 0 Å². The van der Waals surface area contributed by atoms with Crippen LogP contribution in [0.5, 0.6) is 0 Å². The molecule has 4 heteroatoms. The van der Waals surface area contributed by atoms with Crippen molar-refractivity contribution in [1.29, 1.82) is 0 Å². The van der Waals surface area contributed by atoms with Crippen LogP contribution in [0.3, 0.4) is 0 Å². The predicted octanol–water partition coefficient (Wildman–Crippen LogP) is 9.61. The van der Waals surface area contributed by atoms with Gasteiger partial charge in [0.2, 0.25) is 5.91 Å². The quantitative estimate of drug-likeness (QED) is 0.105. The standard InChI is InChI=1S/C33H65N3O/c1-3-5-7-9-11-13-15-17-18-20-22-24-26-32-34-28-30-36(32)31-29-35-33(37)27-25-23-21-19-16-14-12-10-8-6-4-2/h3-31H2,1-2H3,(H,35,37). The highest BCUT2D eigenvalue weighted by Gasteiger charge is 2.16. The van der Waals surface area contributed by atoms with Crippen molar-refractivity contribution in [2.24, 2.45) is 4.99 Å². The van der Waals surface area contributed by atoms with E-state index in [1.54, 1.807) is 0 Å². The van der Waals surface area contributed by atoms with Crippen LogP contribution in [0.15, 0.2) is 4.99 Å². The second-order valence-electron chi connectivity index (χ2n) is 11.6. The van der Waals surface area contributed by atoms with Gasteiger partial charge in [0.15, 0.2) is 0 Å². The molecule has 0 spiro atoms. The number of amidine groups is 1. The van der Waals surface area contributed by atoms with Crippen LogP contribution in [0.1, 0.15) is 174 Å². The average molecular weight is 520 g/mol. The molecule has 1 N–H and O–H groups in total. The summed E-state index contributed by atoms with van der Waals surface area (Å²) < 4.78 is 0. The molecule has 37 heavy (non-hydrogen) atoms. The molecule has 4 nitrogen and oxygen atoms in total. The second-order valence-corrected chi connectivity index (χ2v) is 11.6. The summed E-state index contributed by atoms with van der Waals surface area (Å²) in [6.07, 6.45) is 33.1. The number of carbonyl (C=O) groups excluding carboxylic acids is 1. The summed E-state index contributed by atoms with van der Waals surface area (Å²) in [7, 11) is 0. The van der Waals surface area contributed by atoms with E-state index in [0.29, 0.717) is 6.42 Å². The lowest BCUT2D eigenvalue weighted by molar-refractivity contribution is -0.121. The zero-order valence-corrected chi connectivity index (χ0v) is 25.3. The van der Waals surface area contributed by atoms with E-state index in [1.165, 1.54) is 147 Å². The molecule has 1 aliphatic heterocycles. The molecule has 0 aromatic carbocycles. The molecule has 0 aromatic heterocycles. The summed E-state index contributed by atoms with van der Waals surface area (Å²) in [6, 6.07) is 0. The Kier molecular flexibility index (Phi) is 24.4. The first-order valence-corrected chi connectivity index (χ1v) is 16.8. The molecule has 1 aliphatic rings. The Bertz CT molecular complexity index is 534. The van der Waals surface area contributed by atoms with E-state index >= 15 is 0 Å². The fourth-order valence-electron chi connectivity index (χ4n) is 5.50. The maximum Gasteiger partial charge on any atom is 0.220 e. The second kappa shape index (κ2) is 26.5. The Morgan fingerprint density at radius 2 is 1.08 bits per heavy atom. The summed E-state index contributed by atoms with van der Waals surface area (Å²) in [5.74, 6) is 1.52. The molecule has 0 radical (unpaired) electrons. The van der Waals surface area contributed by atoms with Crippen LogP contribution >= 0.6 is 0 Å². The minimum absolute atomic E-state index is 0.231. The summed E-state index contributed by atoms with van der Waals surface area (Å²) in [4.78, 5) is 19.3. The largest absolute Gasteiger partial charge is 0.357 e. The van der Waals surface area contributed by atoms with Crippen molar-refractivity contribution in [2.45, 2.75) is 174 Å². The van der Waals surface area contributed by atoms with Crippen molar-refractivity contribution in [2.75, 3.05) is 26.2 Å². The number of nitrogens with one attached hydrogen (secondary N) is 1. The van der Waals surface area contributed by atoms with E-state index in [9.17, 15) is 4.79 Å². The van der Waals surface area contributed by atoms with Crippen molar-refractivity contribution < 1.29 is 4.79 Å². The third-order valence-corrected chi connectivity index (χ3v) is 7.99. The number of hydrogen-bond acceptors (Lipinski definition) is 3. The summed E-state index contributed by atoms with van der Waals surface area (Å²) in [5, 5.41) is 3.14. The van der Waals surface area contributed by atoms with Gasteiger partial charge in [-0.2, -0.15) is 0 Å². The number of nitrogens with zero attached hydrogens (tertiary/aromatic N) is 2. The van der Waals surface area contributed by atoms with E-state index in [2.05, 4.69) is 24.1 Å². The first-order valence-electron chi connectivity index (χ1n) is 16.8. The lowest BCUT2D eigenvalue weighted by Crippen LogP contribution is -2.36. The number of carbonyl (C=O) groups is 1. The molecular formula is C33H65N3O. The van der Waals surface area contributed by atoms with Crippen LogP contribution in [0.4, 0.5) is 0 Å². The molecule has 0 atom stereocenters. The maximum absolute atomic E-state index is 12.2. The van der Waals surface area contributed by atoms with Gasteiger partial charge in [0, 0.05) is 32.5 Å². The summed E-state index contributed by atoms with van der Waals surface area (Å²) >= 11 is 0. The number of unbranched alkanes of at least 4 members (excludes halogenated alkanes) is 21. The molecule has 0 bridgehead atoms. The van der Waals surface area contributed by atoms with Gasteiger partial charge in [-0.15, -0.1) is 0 Å². The fourth-order valence-corrected chi connectivity index (χ4v) is 5.50. The fraction of sp³-hybridized carbons (Fsp3) is 0.939. The Balaban J connectivity index is 1.89. The Morgan fingerprint density at radius 1 is 0.649 bits per heavy atom. The monoisotopic (exact) mass is 520 g/mol. The van der Waals surface area contributed by atoms with Crippen molar-refractivity contribution in [3.05, 3.63) is 0 Å². The van der Waals surface area contributed by atoms with Gasteiger partial charge in [0.1, 0.15) is 0 Å². The molecule has 0 aliphatic carbocycles. The number of hydrogen-bond donors (Lipinski definition) is 1.